The van der Waals surface area contributed by atoms with Gasteiger partial charge < -0.3 is 10.2 Å². The maximum absolute atomic E-state index is 10.7. The molecule has 19 heavy (non-hydrogen) atoms. The van der Waals surface area contributed by atoms with Crippen molar-refractivity contribution < 1.29 is 19.8 Å². The van der Waals surface area contributed by atoms with E-state index in [0.29, 0.717) is 5.57 Å². The number of benzene rings is 1. The maximum Gasteiger partial charge on any atom is 0.343 e. The molecule has 0 radical (unpaired) electrons. The summed E-state index contributed by atoms with van der Waals surface area (Å²) in [4.78, 5) is 21.4. The third-order valence-corrected chi connectivity index (χ3v) is 2.28. The maximum atomic E-state index is 10.7. The van der Waals surface area contributed by atoms with Crippen LogP contribution in [0.4, 0.5) is 0 Å². The van der Waals surface area contributed by atoms with Crippen LogP contribution in [-0.4, -0.2) is 22.2 Å². The van der Waals surface area contributed by atoms with E-state index in [1.54, 1.807) is 19.1 Å². The van der Waals surface area contributed by atoms with Crippen molar-refractivity contribution in [3.63, 3.8) is 0 Å². The highest BCUT2D eigenvalue weighted by Gasteiger charge is 2.15. The van der Waals surface area contributed by atoms with E-state index in [4.69, 9.17) is 10.2 Å². The summed E-state index contributed by atoms with van der Waals surface area (Å²) in [5.74, 6) is -2.90. The highest BCUT2D eigenvalue weighted by molar-refractivity contribution is 6.12. The predicted molar refractivity (Wildman–Crippen MR) is 72.6 cm³/mol. The van der Waals surface area contributed by atoms with Crippen LogP contribution in [0.2, 0.25) is 0 Å². The topological polar surface area (TPSA) is 74.6 Å². The Morgan fingerprint density at radius 3 is 2.16 bits per heavy atom. The molecule has 4 nitrogen and oxygen atoms in total. The third kappa shape index (κ3) is 5.04. The van der Waals surface area contributed by atoms with Crippen LogP contribution in [0.15, 0.2) is 59.7 Å². The summed E-state index contributed by atoms with van der Waals surface area (Å²) in [6.07, 6.45) is 6.36. The van der Waals surface area contributed by atoms with Gasteiger partial charge >= 0.3 is 11.9 Å². The number of carboxylic acids is 2. The van der Waals surface area contributed by atoms with Crippen LogP contribution >= 0.6 is 0 Å². The summed E-state index contributed by atoms with van der Waals surface area (Å²) in [6, 6.07) is 9.57. The smallest absolute Gasteiger partial charge is 0.343 e. The summed E-state index contributed by atoms with van der Waals surface area (Å²) in [5.41, 5.74) is 0.904. The van der Waals surface area contributed by atoms with Gasteiger partial charge in [-0.05, 0) is 18.6 Å². The van der Waals surface area contributed by atoms with Gasteiger partial charge in [-0.15, -0.1) is 0 Å². The fraction of sp³-hybridized carbons (Fsp3) is 0.0667. The van der Waals surface area contributed by atoms with Gasteiger partial charge in [0.15, 0.2) is 0 Å². The van der Waals surface area contributed by atoms with E-state index in [2.05, 4.69) is 0 Å². The first-order valence-corrected chi connectivity index (χ1v) is 5.59. The van der Waals surface area contributed by atoms with Crippen molar-refractivity contribution in [2.45, 2.75) is 6.92 Å². The van der Waals surface area contributed by atoms with E-state index in [1.165, 1.54) is 0 Å². The number of carboxylic acid groups (broad SMARTS) is 2. The molecule has 0 unspecified atom stereocenters. The SMILES string of the molecule is C/C(C=C(C(=O)O)C(=O)O)=C\C=C\c1ccccc1. The van der Waals surface area contributed by atoms with Crippen molar-refractivity contribution in [3.8, 4) is 0 Å². The second-order valence-electron chi connectivity index (χ2n) is 3.85. The van der Waals surface area contributed by atoms with Crippen LogP contribution in [0.5, 0.6) is 0 Å². The van der Waals surface area contributed by atoms with Crippen molar-refractivity contribution in [1.82, 2.24) is 0 Å². The van der Waals surface area contributed by atoms with Crippen LogP contribution in [0.1, 0.15) is 12.5 Å². The molecule has 0 aromatic heterocycles. The van der Waals surface area contributed by atoms with Gasteiger partial charge in [0.1, 0.15) is 5.57 Å². The van der Waals surface area contributed by atoms with E-state index >= 15 is 0 Å². The number of carbonyl (C=O) groups is 2. The molecule has 2 N–H and O–H groups in total. The first kappa shape index (κ1) is 14.4. The van der Waals surface area contributed by atoms with Gasteiger partial charge in [-0.1, -0.05) is 54.1 Å². The summed E-state index contributed by atoms with van der Waals surface area (Å²) in [5, 5.41) is 17.4. The number of hydrogen-bond donors (Lipinski definition) is 2. The van der Waals surface area contributed by atoms with Crippen molar-refractivity contribution in [2.24, 2.45) is 0 Å². The van der Waals surface area contributed by atoms with E-state index < -0.39 is 17.5 Å². The molecular formula is C15H14O4. The molecule has 0 heterocycles. The number of aliphatic carboxylic acids is 2. The lowest BCUT2D eigenvalue weighted by atomic mass is 10.1. The molecule has 0 aliphatic heterocycles. The first-order valence-electron chi connectivity index (χ1n) is 5.59. The largest absolute Gasteiger partial charge is 0.477 e. The fourth-order valence-electron chi connectivity index (χ4n) is 1.37. The fourth-order valence-corrected chi connectivity index (χ4v) is 1.37. The van der Waals surface area contributed by atoms with Crippen molar-refractivity contribution >= 4 is 18.0 Å². The first-order chi connectivity index (χ1) is 9.00. The normalized spacial score (nSPS) is 11.3. The van der Waals surface area contributed by atoms with Crippen molar-refractivity contribution in [3.05, 3.63) is 65.3 Å². The molecule has 0 saturated heterocycles. The molecule has 0 bridgehead atoms. The Balaban J connectivity index is 2.83. The molecular weight excluding hydrogens is 244 g/mol. The molecule has 0 saturated carbocycles. The van der Waals surface area contributed by atoms with Gasteiger partial charge in [0.2, 0.25) is 0 Å². The standard InChI is InChI=1S/C15H14O4/c1-11(10-13(14(16)17)15(18)19)6-5-9-12-7-3-2-4-8-12/h2-10H,1H3,(H,16,17)(H,18,19)/b9-5+,11-6+. The van der Waals surface area contributed by atoms with Gasteiger partial charge in [-0.3, -0.25) is 0 Å². The minimum Gasteiger partial charge on any atom is -0.477 e. The van der Waals surface area contributed by atoms with Crippen molar-refractivity contribution in [2.75, 3.05) is 0 Å². The molecule has 4 heteroatoms. The second-order valence-corrected chi connectivity index (χ2v) is 3.85. The highest BCUT2D eigenvalue weighted by atomic mass is 16.4. The summed E-state index contributed by atoms with van der Waals surface area (Å²) in [7, 11) is 0. The van der Waals surface area contributed by atoms with E-state index in [-0.39, 0.29) is 0 Å². The molecule has 0 atom stereocenters. The molecule has 0 amide bonds. The molecule has 0 spiro atoms. The second kappa shape index (κ2) is 6.96. The highest BCUT2D eigenvalue weighted by Crippen LogP contribution is 2.06. The Hall–Kier alpha value is -2.62. The zero-order valence-corrected chi connectivity index (χ0v) is 10.4. The predicted octanol–water partition coefficient (Wildman–Crippen LogP) is 2.74. The van der Waals surface area contributed by atoms with E-state index in [0.717, 1.165) is 11.6 Å². The van der Waals surface area contributed by atoms with Crippen LogP contribution in [0, 0.1) is 0 Å². The lowest BCUT2D eigenvalue weighted by molar-refractivity contribution is -0.140. The molecule has 98 valence electrons. The molecule has 0 fully saturated rings. The van der Waals surface area contributed by atoms with Crippen LogP contribution in [0.25, 0.3) is 6.08 Å². The summed E-state index contributed by atoms with van der Waals surface area (Å²) < 4.78 is 0. The monoisotopic (exact) mass is 258 g/mol. The average molecular weight is 258 g/mol. The number of rotatable bonds is 5. The minimum absolute atomic E-state index is 0.548. The lowest BCUT2D eigenvalue weighted by Gasteiger charge is -1.95. The van der Waals surface area contributed by atoms with Crippen LogP contribution in [0.3, 0.4) is 0 Å². The zero-order valence-electron chi connectivity index (χ0n) is 10.4. The zero-order chi connectivity index (χ0) is 14.3. The third-order valence-electron chi connectivity index (χ3n) is 2.28. The van der Waals surface area contributed by atoms with E-state index in [1.807, 2.05) is 36.4 Å². The van der Waals surface area contributed by atoms with E-state index in [9.17, 15) is 9.59 Å². The molecule has 1 aromatic carbocycles. The van der Waals surface area contributed by atoms with Crippen LogP contribution < -0.4 is 0 Å². The Bertz CT molecular complexity index is 535. The Morgan fingerprint density at radius 2 is 1.63 bits per heavy atom. The van der Waals surface area contributed by atoms with Gasteiger partial charge in [-0.25, -0.2) is 9.59 Å². The minimum atomic E-state index is -1.45. The Labute approximate surface area is 111 Å². The Morgan fingerprint density at radius 1 is 1.05 bits per heavy atom. The van der Waals surface area contributed by atoms with Gasteiger partial charge in [0.05, 0.1) is 0 Å². The molecule has 1 aromatic rings. The van der Waals surface area contributed by atoms with Gasteiger partial charge in [-0.2, -0.15) is 0 Å². The lowest BCUT2D eigenvalue weighted by Crippen LogP contribution is -2.11. The Kier molecular flexibility index (Phi) is 5.29. The average Bonchev–Trinajstić information content (AvgIpc) is 2.36. The molecule has 0 aliphatic rings. The number of hydrogen-bond acceptors (Lipinski definition) is 2. The van der Waals surface area contributed by atoms with Crippen LogP contribution in [-0.2, 0) is 9.59 Å². The number of allylic oxidation sites excluding steroid dienone is 4. The molecule has 1 rings (SSSR count). The summed E-state index contributed by atoms with van der Waals surface area (Å²) >= 11 is 0. The van der Waals surface area contributed by atoms with Gasteiger partial charge in [0, 0.05) is 0 Å². The summed E-state index contributed by atoms with van der Waals surface area (Å²) in [6.45, 7) is 1.64. The molecule has 0 aliphatic carbocycles. The van der Waals surface area contributed by atoms with Gasteiger partial charge in [0.25, 0.3) is 0 Å². The van der Waals surface area contributed by atoms with Crippen molar-refractivity contribution in [1.29, 1.82) is 0 Å². The quantitative estimate of drug-likeness (QED) is 0.368.